The summed E-state index contributed by atoms with van der Waals surface area (Å²) in [5, 5.41) is 3.13. The molecule has 21 heavy (non-hydrogen) atoms. The summed E-state index contributed by atoms with van der Waals surface area (Å²) in [5.41, 5.74) is 6.76. The Bertz CT molecular complexity index is 502. The van der Waals surface area contributed by atoms with Crippen LogP contribution in [0.5, 0.6) is 0 Å². The Hall–Kier alpha value is -1.13. The summed E-state index contributed by atoms with van der Waals surface area (Å²) in [4.78, 5) is 12.2. The molecule has 1 aromatic rings. The second-order valence-electron chi connectivity index (χ2n) is 6.20. The quantitative estimate of drug-likeness (QED) is 0.898. The predicted molar refractivity (Wildman–Crippen MR) is 82.6 cm³/mol. The van der Waals surface area contributed by atoms with Gasteiger partial charge in [-0.15, -0.1) is 12.4 Å². The minimum Gasteiger partial charge on any atom is -0.347 e. The largest absolute Gasteiger partial charge is 0.347 e. The monoisotopic (exact) mass is 312 g/mol. The van der Waals surface area contributed by atoms with Crippen LogP contribution in [0.15, 0.2) is 24.3 Å². The van der Waals surface area contributed by atoms with Gasteiger partial charge in [-0.3, -0.25) is 4.79 Å². The normalized spacial score (nSPS) is 26.0. The van der Waals surface area contributed by atoms with Crippen molar-refractivity contribution < 1.29 is 9.18 Å². The molecule has 2 atom stereocenters. The van der Waals surface area contributed by atoms with E-state index in [4.69, 9.17) is 5.73 Å². The first-order valence-corrected chi connectivity index (χ1v) is 7.42. The molecule has 3 nitrogen and oxygen atoms in total. The van der Waals surface area contributed by atoms with Gasteiger partial charge in [-0.05, 0) is 49.3 Å². The number of amides is 1. The third-order valence-electron chi connectivity index (χ3n) is 4.69. The molecule has 116 valence electrons. The molecule has 0 spiro atoms. The zero-order valence-corrected chi connectivity index (χ0v) is 12.8. The molecule has 2 aliphatic rings. The van der Waals surface area contributed by atoms with Crippen molar-refractivity contribution in [2.45, 2.75) is 50.1 Å². The van der Waals surface area contributed by atoms with Crippen LogP contribution in [-0.2, 0) is 10.3 Å². The molecule has 2 fully saturated rings. The molecule has 0 saturated heterocycles. The molecular formula is C16H22ClFN2O. The van der Waals surface area contributed by atoms with Gasteiger partial charge in [-0.2, -0.15) is 0 Å². The number of carbonyl (C=O) groups excluding carboxylic acids is 1. The second kappa shape index (κ2) is 6.32. The Labute approximate surface area is 130 Å². The van der Waals surface area contributed by atoms with Gasteiger partial charge >= 0.3 is 0 Å². The van der Waals surface area contributed by atoms with E-state index in [-0.39, 0.29) is 35.7 Å². The highest BCUT2D eigenvalue weighted by molar-refractivity contribution is 5.85. The second-order valence-corrected chi connectivity index (χ2v) is 6.20. The Kier molecular flexibility index (Phi) is 4.89. The zero-order valence-electron chi connectivity index (χ0n) is 12.0. The van der Waals surface area contributed by atoms with E-state index in [0.717, 1.165) is 37.7 Å². The van der Waals surface area contributed by atoms with E-state index in [1.807, 2.05) is 0 Å². The number of hydrogen-bond acceptors (Lipinski definition) is 2. The van der Waals surface area contributed by atoms with Crippen LogP contribution >= 0.6 is 12.4 Å². The first kappa shape index (κ1) is 16.2. The van der Waals surface area contributed by atoms with E-state index < -0.39 is 0 Å². The highest BCUT2D eigenvalue weighted by Gasteiger charge is 2.45. The summed E-state index contributed by atoms with van der Waals surface area (Å²) in [5.74, 6) is 0.154. The van der Waals surface area contributed by atoms with Crippen molar-refractivity contribution >= 4 is 18.3 Å². The summed E-state index contributed by atoms with van der Waals surface area (Å²) in [6, 6.07) is 6.61. The summed E-state index contributed by atoms with van der Waals surface area (Å²) < 4.78 is 13.0. The summed E-state index contributed by atoms with van der Waals surface area (Å²) in [7, 11) is 0. The number of hydrogen-bond donors (Lipinski definition) is 2. The lowest BCUT2D eigenvalue weighted by Gasteiger charge is -2.21. The van der Waals surface area contributed by atoms with Crippen LogP contribution in [0, 0.1) is 11.7 Å². The standard InChI is InChI=1S/C16H21FN2O.ClH/c17-13-6-4-12(5-7-13)16(8-9-16)19-15(20)10-11-2-1-3-14(11)18;/h4-7,11,14H,1-3,8-10,18H2,(H,19,20);1H/t11-,14+;/m0./s1. The number of halogens is 2. The summed E-state index contributed by atoms with van der Waals surface area (Å²) in [6.07, 6.45) is 5.59. The molecule has 0 unspecified atom stereocenters. The van der Waals surface area contributed by atoms with Gasteiger partial charge in [0.15, 0.2) is 0 Å². The van der Waals surface area contributed by atoms with Crippen LogP contribution in [0.1, 0.15) is 44.1 Å². The van der Waals surface area contributed by atoms with Crippen LogP contribution in [0.2, 0.25) is 0 Å². The van der Waals surface area contributed by atoms with Crippen LogP contribution in [0.25, 0.3) is 0 Å². The Morgan fingerprint density at radius 2 is 1.95 bits per heavy atom. The maximum absolute atomic E-state index is 13.0. The van der Waals surface area contributed by atoms with Crippen molar-refractivity contribution in [3.8, 4) is 0 Å². The first-order chi connectivity index (χ1) is 9.59. The lowest BCUT2D eigenvalue weighted by atomic mass is 9.98. The van der Waals surface area contributed by atoms with Gasteiger partial charge < -0.3 is 11.1 Å². The maximum Gasteiger partial charge on any atom is 0.221 e. The highest BCUT2D eigenvalue weighted by atomic mass is 35.5. The van der Waals surface area contributed by atoms with E-state index >= 15 is 0 Å². The van der Waals surface area contributed by atoms with Gasteiger partial charge in [0, 0.05) is 12.5 Å². The molecule has 1 amide bonds. The van der Waals surface area contributed by atoms with E-state index in [2.05, 4.69) is 5.32 Å². The topological polar surface area (TPSA) is 55.1 Å². The lowest BCUT2D eigenvalue weighted by molar-refractivity contribution is -0.123. The third-order valence-corrected chi connectivity index (χ3v) is 4.69. The van der Waals surface area contributed by atoms with E-state index in [0.29, 0.717) is 12.3 Å². The highest BCUT2D eigenvalue weighted by Crippen LogP contribution is 2.45. The van der Waals surface area contributed by atoms with Gasteiger partial charge in [-0.1, -0.05) is 18.6 Å². The molecule has 2 aliphatic carbocycles. The number of rotatable bonds is 4. The van der Waals surface area contributed by atoms with E-state index in [9.17, 15) is 9.18 Å². The van der Waals surface area contributed by atoms with Crippen molar-refractivity contribution in [2.24, 2.45) is 11.7 Å². The molecule has 3 N–H and O–H groups in total. The average Bonchev–Trinajstić information content (AvgIpc) is 3.08. The summed E-state index contributed by atoms with van der Waals surface area (Å²) in [6.45, 7) is 0. The minimum absolute atomic E-state index is 0. The smallest absolute Gasteiger partial charge is 0.221 e. The maximum atomic E-state index is 13.0. The fourth-order valence-corrected chi connectivity index (χ4v) is 3.25. The molecular weight excluding hydrogens is 291 g/mol. The lowest BCUT2D eigenvalue weighted by Crippen LogP contribution is -2.37. The average molecular weight is 313 g/mol. The predicted octanol–water partition coefficient (Wildman–Crippen LogP) is 2.87. The van der Waals surface area contributed by atoms with Gasteiger partial charge in [-0.25, -0.2) is 4.39 Å². The minimum atomic E-state index is -0.256. The van der Waals surface area contributed by atoms with Gasteiger partial charge in [0.1, 0.15) is 5.82 Å². The van der Waals surface area contributed by atoms with Crippen LogP contribution in [0.4, 0.5) is 4.39 Å². The van der Waals surface area contributed by atoms with Crippen LogP contribution in [-0.4, -0.2) is 11.9 Å². The van der Waals surface area contributed by atoms with Crippen molar-refractivity contribution in [1.82, 2.24) is 5.32 Å². The number of nitrogens with one attached hydrogen (secondary N) is 1. The third kappa shape index (κ3) is 3.55. The van der Waals surface area contributed by atoms with Gasteiger partial charge in [0.2, 0.25) is 5.91 Å². The van der Waals surface area contributed by atoms with E-state index in [1.54, 1.807) is 12.1 Å². The van der Waals surface area contributed by atoms with Crippen molar-refractivity contribution in [3.05, 3.63) is 35.6 Å². The SMILES string of the molecule is Cl.N[C@@H]1CCC[C@H]1CC(=O)NC1(c2ccc(F)cc2)CC1. The van der Waals surface area contributed by atoms with Crippen molar-refractivity contribution in [1.29, 1.82) is 0 Å². The van der Waals surface area contributed by atoms with Gasteiger partial charge in [0.05, 0.1) is 5.54 Å². The van der Waals surface area contributed by atoms with Crippen LogP contribution < -0.4 is 11.1 Å². The summed E-state index contributed by atoms with van der Waals surface area (Å²) >= 11 is 0. The first-order valence-electron chi connectivity index (χ1n) is 7.42. The van der Waals surface area contributed by atoms with Crippen molar-refractivity contribution in [3.63, 3.8) is 0 Å². The van der Waals surface area contributed by atoms with Gasteiger partial charge in [0.25, 0.3) is 0 Å². The molecule has 0 radical (unpaired) electrons. The molecule has 0 aliphatic heterocycles. The Balaban J connectivity index is 0.00000161. The Morgan fingerprint density at radius 1 is 1.29 bits per heavy atom. The molecule has 3 rings (SSSR count). The molecule has 0 heterocycles. The number of benzene rings is 1. The van der Waals surface area contributed by atoms with Crippen molar-refractivity contribution in [2.75, 3.05) is 0 Å². The molecule has 2 saturated carbocycles. The number of carbonyl (C=O) groups is 1. The fraction of sp³-hybridized carbons (Fsp3) is 0.562. The zero-order chi connectivity index (χ0) is 14.2. The number of nitrogens with two attached hydrogens (primary N) is 1. The Morgan fingerprint density at radius 3 is 2.48 bits per heavy atom. The van der Waals surface area contributed by atoms with E-state index in [1.165, 1.54) is 12.1 Å². The molecule has 1 aromatic carbocycles. The molecule has 0 aromatic heterocycles. The molecule has 5 heteroatoms. The van der Waals surface area contributed by atoms with Crippen LogP contribution in [0.3, 0.4) is 0 Å². The molecule has 0 bridgehead atoms. The fourth-order valence-electron chi connectivity index (χ4n) is 3.25.